The molecular weight excluding hydrogens is 220 g/mol. The summed E-state index contributed by atoms with van der Waals surface area (Å²) in [5, 5.41) is 3.51. The van der Waals surface area contributed by atoms with Crippen LogP contribution in [0.25, 0.3) is 0 Å². The van der Waals surface area contributed by atoms with Crippen LogP contribution in [0.3, 0.4) is 0 Å². The first-order chi connectivity index (χ1) is 8.52. The highest BCUT2D eigenvalue weighted by Crippen LogP contribution is 2.36. The minimum absolute atomic E-state index is 0.375. The van der Waals surface area contributed by atoms with Crippen LogP contribution in [0, 0.1) is 11.3 Å². The van der Waals surface area contributed by atoms with Gasteiger partial charge in [0.15, 0.2) is 0 Å². The molecule has 1 saturated carbocycles. The second-order valence-corrected chi connectivity index (χ2v) is 7.43. The Hall–Kier alpha value is -0.0800. The van der Waals surface area contributed by atoms with Gasteiger partial charge in [-0.25, -0.2) is 0 Å². The van der Waals surface area contributed by atoms with Gasteiger partial charge in [0.25, 0.3) is 0 Å². The fraction of sp³-hybridized carbons (Fsp3) is 1.00. The van der Waals surface area contributed by atoms with Gasteiger partial charge in [0.1, 0.15) is 0 Å². The van der Waals surface area contributed by atoms with E-state index < -0.39 is 0 Å². The van der Waals surface area contributed by atoms with Crippen LogP contribution in [0.5, 0.6) is 0 Å². The normalized spacial score (nSPS) is 31.3. The topological polar surface area (TPSA) is 15.3 Å². The molecule has 18 heavy (non-hydrogen) atoms. The summed E-state index contributed by atoms with van der Waals surface area (Å²) in [5.74, 6) is 1.03. The molecule has 1 saturated heterocycles. The van der Waals surface area contributed by atoms with Gasteiger partial charge in [0.2, 0.25) is 0 Å². The predicted molar refractivity (Wildman–Crippen MR) is 78.9 cm³/mol. The molecule has 0 aromatic heterocycles. The second kappa shape index (κ2) is 5.92. The van der Waals surface area contributed by atoms with Crippen LogP contribution < -0.4 is 5.32 Å². The van der Waals surface area contributed by atoms with Crippen molar-refractivity contribution in [2.45, 2.75) is 71.4 Å². The van der Waals surface area contributed by atoms with Crippen molar-refractivity contribution < 1.29 is 0 Å². The van der Waals surface area contributed by atoms with E-state index in [1.54, 1.807) is 0 Å². The van der Waals surface area contributed by atoms with Gasteiger partial charge in [-0.1, -0.05) is 33.6 Å². The zero-order valence-corrected chi connectivity index (χ0v) is 12.8. The largest absolute Gasteiger partial charge is 0.316 e. The highest BCUT2D eigenvalue weighted by atomic mass is 15.2. The molecule has 1 N–H and O–H groups in total. The van der Waals surface area contributed by atoms with Crippen molar-refractivity contribution in [3.05, 3.63) is 0 Å². The standard InChI is InChI=1S/C16H32N2/c1-16(2,3)15(17-4)10-12-18-11-9-13-7-5-6-8-14(13)18/h13-15,17H,5-12H2,1-4H3. The molecule has 1 aliphatic carbocycles. The van der Waals surface area contributed by atoms with E-state index in [-0.39, 0.29) is 0 Å². The Morgan fingerprint density at radius 3 is 2.56 bits per heavy atom. The van der Waals surface area contributed by atoms with Gasteiger partial charge in [0, 0.05) is 12.1 Å². The molecule has 1 heterocycles. The van der Waals surface area contributed by atoms with Crippen LogP contribution in [-0.2, 0) is 0 Å². The van der Waals surface area contributed by atoms with E-state index in [4.69, 9.17) is 0 Å². The van der Waals surface area contributed by atoms with Crippen molar-refractivity contribution in [2.24, 2.45) is 11.3 Å². The molecule has 0 spiro atoms. The predicted octanol–water partition coefficient (Wildman–Crippen LogP) is 3.28. The summed E-state index contributed by atoms with van der Waals surface area (Å²) in [6.45, 7) is 9.70. The minimum atomic E-state index is 0.375. The number of fused-ring (bicyclic) bond motifs is 1. The SMILES string of the molecule is CNC(CCN1CCC2CCCCC21)C(C)(C)C. The van der Waals surface area contributed by atoms with E-state index in [0.717, 1.165) is 12.0 Å². The van der Waals surface area contributed by atoms with Crippen LogP contribution in [0.2, 0.25) is 0 Å². The Kier molecular flexibility index (Phi) is 4.71. The molecule has 2 rings (SSSR count). The van der Waals surface area contributed by atoms with Crippen molar-refractivity contribution in [1.82, 2.24) is 10.2 Å². The summed E-state index contributed by atoms with van der Waals surface area (Å²) in [5.41, 5.74) is 0.375. The van der Waals surface area contributed by atoms with Crippen LogP contribution >= 0.6 is 0 Å². The summed E-state index contributed by atoms with van der Waals surface area (Å²) in [6.07, 6.45) is 8.66. The van der Waals surface area contributed by atoms with E-state index in [1.807, 2.05) is 0 Å². The molecule has 0 amide bonds. The third-order valence-corrected chi connectivity index (χ3v) is 5.22. The number of nitrogens with zero attached hydrogens (tertiary/aromatic N) is 1. The van der Waals surface area contributed by atoms with Crippen molar-refractivity contribution >= 4 is 0 Å². The molecule has 0 aromatic rings. The maximum atomic E-state index is 3.51. The smallest absolute Gasteiger partial charge is 0.0125 e. The third kappa shape index (κ3) is 3.27. The minimum Gasteiger partial charge on any atom is -0.316 e. The molecule has 0 aromatic carbocycles. The van der Waals surface area contributed by atoms with Crippen molar-refractivity contribution in [2.75, 3.05) is 20.1 Å². The van der Waals surface area contributed by atoms with E-state index in [9.17, 15) is 0 Å². The van der Waals surface area contributed by atoms with Crippen molar-refractivity contribution in [3.8, 4) is 0 Å². The van der Waals surface area contributed by atoms with E-state index in [1.165, 1.54) is 51.6 Å². The summed E-state index contributed by atoms with van der Waals surface area (Å²) < 4.78 is 0. The molecular formula is C16H32N2. The average molecular weight is 252 g/mol. The summed E-state index contributed by atoms with van der Waals surface area (Å²) >= 11 is 0. The number of hydrogen-bond donors (Lipinski definition) is 1. The number of rotatable bonds is 4. The fourth-order valence-corrected chi connectivity index (χ4v) is 4.09. The van der Waals surface area contributed by atoms with Gasteiger partial charge in [-0.3, -0.25) is 0 Å². The maximum Gasteiger partial charge on any atom is 0.0125 e. The van der Waals surface area contributed by atoms with Crippen LogP contribution in [0.1, 0.15) is 59.3 Å². The third-order valence-electron chi connectivity index (χ3n) is 5.22. The lowest BCUT2D eigenvalue weighted by molar-refractivity contribution is 0.160. The van der Waals surface area contributed by atoms with Gasteiger partial charge in [-0.15, -0.1) is 0 Å². The first-order valence-corrected chi connectivity index (χ1v) is 7.93. The average Bonchev–Trinajstić information content (AvgIpc) is 2.72. The molecule has 0 radical (unpaired) electrons. The van der Waals surface area contributed by atoms with Crippen LogP contribution in [0.4, 0.5) is 0 Å². The first-order valence-electron chi connectivity index (χ1n) is 7.93. The van der Waals surface area contributed by atoms with Gasteiger partial charge in [-0.2, -0.15) is 0 Å². The molecule has 106 valence electrons. The quantitative estimate of drug-likeness (QED) is 0.826. The summed E-state index contributed by atoms with van der Waals surface area (Å²) in [4.78, 5) is 2.79. The lowest BCUT2D eigenvalue weighted by atomic mass is 9.84. The molecule has 2 nitrogen and oxygen atoms in total. The second-order valence-electron chi connectivity index (χ2n) is 7.43. The van der Waals surface area contributed by atoms with Gasteiger partial charge in [-0.05, 0) is 57.2 Å². The first kappa shape index (κ1) is 14.3. The Morgan fingerprint density at radius 2 is 1.89 bits per heavy atom. The number of hydrogen-bond acceptors (Lipinski definition) is 2. The Balaban J connectivity index is 1.83. The van der Waals surface area contributed by atoms with Crippen LogP contribution in [0.15, 0.2) is 0 Å². The molecule has 3 atom stereocenters. The molecule has 2 fully saturated rings. The fourth-order valence-electron chi connectivity index (χ4n) is 4.09. The Labute approximate surface area is 114 Å². The molecule has 0 bridgehead atoms. The summed E-state index contributed by atoms with van der Waals surface area (Å²) in [7, 11) is 2.11. The Bertz CT molecular complexity index is 256. The maximum absolute atomic E-state index is 3.51. The van der Waals surface area contributed by atoms with Gasteiger partial charge < -0.3 is 10.2 Å². The van der Waals surface area contributed by atoms with Crippen LogP contribution in [-0.4, -0.2) is 37.1 Å². The lowest BCUT2D eigenvalue weighted by Gasteiger charge is -2.35. The molecule has 1 aliphatic heterocycles. The zero-order chi connectivity index (χ0) is 13.2. The monoisotopic (exact) mass is 252 g/mol. The number of nitrogens with one attached hydrogen (secondary N) is 1. The number of likely N-dealkylation sites (tertiary alicyclic amines) is 1. The zero-order valence-electron chi connectivity index (χ0n) is 12.8. The lowest BCUT2D eigenvalue weighted by Crippen LogP contribution is -2.42. The van der Waals surface area contributed by atoms with E-state index in [0.29, 0.717) is 11.5 Å². The van der Waals surface area contributed by atoms with E-state index >= 15 is 0 Å². The van der Waals surface area contributed by atoms with Gasteiger partial charge in [0.05, 0.1) is 0 Å². The molecule has 3 unspecified atom stereocenters. The van der Waals surface area contributed by atoms with Gasteiger partial charge >= 0.3 is 0 Å². The van der Waals surface area contributed by atoms with E-state index in [2.05, 4.69) is 38.0 Å². The summed E-state index contributed by atoms with van der Waals surface area (Å²) in [6, 6.07) is 1.57. The molecule has 2 aliphatic rings. The highest BCUT2D eigenvalue weighted by Gasteiger charge is 2.35. The van der Waals surface area contributed by atoms with Crippen molar-refractivity contribution in [1.29, 1.82) is 0 Å². The highest BCUT2D eigenvalue weighted by molar-refractivity contribution is 4.91. The molecule has 2 heteroatoms. The Morgan fingerprint density at radius 1 is 1.17 bits per heavy atom. The van der Waals surface area contributed by atoms with Crippen molar-refractivity contribution in [3.63, 3.8) is 0 Å².